The molecule has 2 aromatic carbocycles. The number of esters is 1. The molecule has 0 unspecified atom stereocenters. The number of sulfonamides is 1. The van der Waals surface area contributed by atoms with Crippen LogP contribution in [0.25, 0.3) is 22.2 Å². The second-order valence-electron chi connectivity index (χ2n) is 12.2. The Morgan fingerprint density at radius 1 is 1.11 bits per heavy atom. The average Bonchev–Trinajstić information content (AvgIpc) is 3.60. The summed E-state index contributed by atoms with van der Waals surface area (Å²) in [6.07, 6.45) is 3.64. The average molecular weight is 641 g/mol. The molecule has 242 valence electrons. The van der Waals surface area contributed by atoms with Crippen molar-refractivity contribution >= 4 is 26.9 Å². The molecular weight excluding hydrogens is 599 g/mol. The van der Waals surface area contributed by atoms with Crippen LogP contribution in [0.5, 0.6) is 5.75 Å². The van der Waals surface area contributed by atoms with Crippen molar-refractivity contribution in [3.63, 3.8) is 0 Å². The number of nitrogens with one attached hydrogen (secondary N) is 2. The lowest BCUT2D eigenvalue weighted by Gasteiger charge is -2.31. The Morgan fingerprint density at radius 3 is 2.53 bits per heavy atom. The molecule has 0 atom stereocenters. The molecule has 1 fully saturated rings. The van der Waals surface area contributed by atoms with Crippen molar-refractivity contribution in [1.82, 2.24) is 29.6 Å². The molecule has 2 N–H and O–H groups in total. The second-order valence-corrected chi connectivity index (χ2v) is 14.0. The van der Waals surface area contributed by atoms with Crippen LogP contribution in [-0.2, 0) is 21.3 Å². The van der Waals surface area contributed by atoms with Crippen LogP contribution >= 0.6 is 0 Å². The molecule has 3 heterocycles. The maximum absolute atomic E-state index is 14.2. The monoisotopic (exact) mass is 640 g/mol. The molecule has 5 rings (SSSR count). The van der Waals surface area contributed by atoms with Crippen molar-refractivity contribution in [2.24, 2.45) is 11.8 Å². The molecule has 0 radical (unpaired) electrons. The maximum Gasteiger partial charge on any atom is 0.355 e. The number of ether oxygens (including phenoxy) is 2. The molecule has 1 aliphatic heterocycles. The van der Waals surface area contributed by atoms with Gasteiger partial charge in [-0.15, -0.1) is 5.10 Å². The van der Waals surface area contributed by atoms with E-state index in [2.05, 4.69) is 24.9 Å². The summed E-state index contributed by atoms with van der Waals surface area (Å²) in [4.78, 5) is 18.5. The Labute approximate surface area is 263 Å². The molecule has 1 aliphatic rings. The third kappa shape index (κ3) is 8.27. The van der Waals surface area contributed by atoms with Gasteiger partial charge in [-0.25, -0.2) is 22.3 Å². The van der Waals surface area contributed by atoms with E-state index in [1.807, 2.05) is 27.7 Å². The minimum absolute atomic E-state index is 0.0146. The van der Waals surface area contributed by atoms with Gasteiger partial charge in [-0.2, -0.15) is 0 Å². The molecule has 1 saturated heterocycles. The topological polar surface area (TPSA) is 131 Å². The first-order valence-corrected chi connectivity index (χ1v) is 16.8. The van der Waals surface area contributed by atoms with Crippen LogP contribution in [0.15, 0.2) is 53.6 Å². The predicted octanol–water partition coefficient (Wildman–Crippen LogP) is 4.86. The molecule has 0 saturated carbocycles. The van der Waals surface area contributed by atoms with Crippen LogP contribution in [0.3, 0.4) is 0 Å². The van der Waals surface area contributed by atoms with Crippen LogP contribution in [0, 0.1) is 17.7 Å². The third-order valence-electron chi connectivity index (χ3n) is 7.69. The number of aromatic nitrogens is 4. The first-order valence-electron chi connectivity index (χ1n) is 15.4. The number of benzene rings is 2. The SMILES string of the molecule is CC(C)COC(=O)c1[nH]c2ccc(F)cc2c1-c1cn(CC2CCN(CCNS(=O)(=O)c3ccc(OC(C)C)cc3)CC2)nn1. The Kier molecular flexibility index (Phi) is 10.2. The van der Waals surface area contributed by atoms with Crippen molar-refractivity contribution in [3.05, 3.63) is 60.2 Å². The number of halogens is 1. The second kappa shape index (κ2) is 14.1. The number of piperidine rings is 1. The molecule has 11 nitrogen and oxygen atoms in total. The maximum atomic E-state index is 14.2. The highest BCUT2D eigenvalue weighted by Crippen LogP contribution is 2.33. The Morgan fingerprint density at radius 2 is 1.84 bits per heavy atom. The van der Waals surface area contributed by atoms with Crippen LogP contribution in [0.4, 0.5) is 4.39 Å². The molecule has 4 aromatic rings. The molecule has 2 aromatic heterocycles. The zero-order valence-corrected chi connectivity index (χ0v) is 26.9. The number of H-pyrrole nitrogens is 1. The summed E-state index contributed by atoms with van der Waals surface area (Å²) in [5, 5.41) is 9.21. The number of likely N-dealkylation sites (tertiary alicyclic amines) is 1. The third-order valence-corrected chi connectivity index (χ3v) is 9.16. The number of aromatic amines is 1. The lowest BCUT2D eigenvalue weighted by atomic mass is 9.97. The standard InChI is InChI=1S/C32H41FN6O5S/c1-21(2)20-43-32(40)31-30(27-17-24(33)5-10-28(27)35-31)29-19-39(37-36-29)18-23-11-14-38(15-12-23)16-13-34-45(41,42)26-8-6-25(7-9-26)44-22(3)4/h5-10,17,19,21-23,34-35H,11-16,18,20H2,1-4H3. The van der Waals surface area contributed by atoms with E-state index in [0.717, 1.165) is 25.9 Å². The summed E-state index contributed by atoms with van der Waals surface area (Å²) in [6, 6.07) is 10.8. The van der Waals surface area contributed by atoms with Gasteiger partial charge in [-0.3, -0.25) is 4.68 Å². The summed E-state index contributed by atoms with van der Waals surface area (Å²) in [6.45, 7) is 11.3. The first-order chi connectivity index (χ1) is 21.5. The van der Waals surface area contributed by atoms with Crippen molar-refractivity contribution < 1.29 is 27.1 Å². The van der Waals surface area contributed by atoms with E-state index in [4.69, 9.17) is 9.47 Å². The van der Waals surface area contributed by atoms with Gasteiger partial charge in [0, 0.05) is 36.1 Å². The lowest BCUT2D eigenvalue weighted by molar-refractivity contribution is 0.0454. The number of rotatable bonds is 13. The number of hydrogen-bond donors (Lipinski definition) is 2. The fourth-order valence-electron chi connectivity index (χ4n) is 5.45. The van der Waals surface area contributed by atoms with Gasteiger partial charge >= 0.3 is 5.97 Å². The Bertz CT molecular complexity index is 1710. The van der Waals surface area contributed by atoms with Crippen molar-refractivity contribution in [1.29, 1.82) is 0 Å². The summed E-state index contributed by atoms with van der Waals surface area (Å²) in [5.74, 6) is 0.226. The van der Waals surface area contributed by atoms with E-state index in [9.17, 15) is 17.6 Å². The van der Waals surface area contributed by atoms with E-state index in [1.54, 1.807) is 41.2 Å². The minimum atomic E-state index is -3.61. The quantitative estimate of drug-likeness (QED) is 0.198. The zero-order valence-electron chi connectivity index (χ0n) is 26.1. The Hall–Kier alpha value is -3.81. The van der Waals surface area contributed by atoms with Crippen LogP contribution < -0.4 is 9.46 Å². The van der Waals surface area contributed by atoms with E-state index >= 15 is 0 Å². The number of hydrogen-bond acceptors (Lipinski definition) is 8. The molecule has 13 heteroatoms. The number of carbonyl (C=O) groups excluding carboxylic acids is 1. The summed E-state index contributed by atoms with van der Waals surface area (Å²) in [5.41, 5.74) is 1.78. The normalized spacial score (nSPS) is 14.9. The van der Waals surface area contributed by atoms with Gasteiger partial charge in [0.15, 0.2) is 0 Å². The van der Waals surface area contributed by atoms with Crippen LogP contribution in [0.1, 0.15) is 51.0 Å². The van der Waals surface area contributed by atoms with E-state index in [-0.39, 0.29) is 29.2 Å². The van der Waals surface area contributed by atoms with E-state index in [1.165, 1.54) is 12.1 Å². The lowest BCUT2D eigenvalue weighted by Crippen LogP contribution is -2.40. The van der Waals surface area contributed by atoms with E-state index in [0.29, 0.717) is 53.5 Å². The summed E-state index contributed by atoms with van der Waals surface area (Å²) >= 11 is 0. The Balaban J connectivity index is 1.15. The smallest absolute Gasteiger partial charge is 0.355 e. The van der Waals surface area contributed by atoms with Crippen molar-refractivity contribution in [2.45, 2.75) is 58.1 Å². The van der Waals surface area contributed by atoms with Gasteiger partial charge in [0.25, 0.3) is 0 Å². The van der Waals surface area contributed by atoms with Gasteiger partial charge in [0.1, 0.15) is 23.0 Å². The highest BCUT2D eigenvalue weighted by molar-refractivity contribution is 7.89. The summed E-state index contributed by atoms with van der Waals surface area (Å²) < 4.78 is 55.2. The number of nitrogens with zero attached hydrogens (tertiary/aromatic N) is 4. The van der Waals surface area contributed by atoms with Crippen LogP contribution in [-0.4, -0.2) is 78.2 Å². The zero-order chi connectivity index (χ0) is 32.1. The molecule has 0 bridgehead atoms. The van der Waals surface area contributed by atoms with Gasteiger partial charge in [-0.05, 0) is 94.1 Å². The number of fused-ring (bicyclic) bond motifs is 1. The van der Waals surface area contributed by atoms with E-state index < -0.39 is 21.8 Å². The van der Waals surface area contributed by atoms with Gasteiger partial charge < -0.3 is 19.4 Å². The number of carbonyl (C=O) groups is 1. The van der Waals surface area contributed by atoms with Crippen molar-refractivity contribution in [2.75, 3.05) is 32.8 Å². The highest BCUT2D eigenvalue weighted by Gasteiger charge is 2.25. The summed E-state index contributed by atoms with van der Waals surface area (Å²) in [7, 11) is -3.61. The first kappa shape index (κ1) is 32.6. The fourth-order valence-corrected chi connectivity index (χ4v) is 6.47. The minimum Gasteiger partial charge on any atom is -0.491 e. The van der Waals surface area contributed by atoms with Gasteiger partial charge in [-0.1, -0.05) is 19.1 Å². The molecular formula is C32H41FN6O5S. The molecule has 0 spiro atoms. The largest absolute Gasteiger partial charge is 0.491 e. The van der Waals surface area contributed by atoms with Crippen molar-refractivity contribution in [3.8, 4) is 17.0 Å². The molecule has 45 heavy (non-hydrogen) atoms. The predicted molar refractivity (Wildman–Crippen MR) is 169 cm³/mol. The van der Waals surface area contributed by atoms with Gasteiger partial charge in [0.05, 0.1) is 23.8 Å². The molecule has 0 aliphatic carbocycles. The van der Waals surface area contributed by atoms with Gasteiger partial charge in [0.2, 0.25) is 10.0 Å². The molecule has 0 amide bonds. The highest BCUT2D eigenvalue weighted by atomic mass is 32.2. The van der Waals surface area contributed by atoms with Crippen LogP contribution in [0.2, 0.25) is 0 Å². The fraction of sp³-hybridized carbons (Fsp3) is 0.469.